The Hall–Kier alpha value is -0.500. The summed E-state index contributed by atoms with van der Waals surface area (Å²) in [6, 6.07) is 0. The molecule has 0 aromatic carbocycles. The lowest BCUT2D eigenvalue weighted by atomic mass is 10.6. The van der Waals surface area contributed by atoms with Crippen LogP contribution in [0, 0.1) is 0 Å². The van der Waals surface area contributed by atoms with Gasteiger partial charge >= 0.3 is 0 Å². The topological polar surface area (TPSA) is 7.68 Å². The summed E-state index contributed by atoms with van der Waals surface area (Å²) >= 11 is 0. The second-order valence-electron chi connectivity index (χ2n) is 2.39. The zero-order chi connectivity index (χ0) is 6.69. The molecule has 1 aliphatic heterocycles. The van der Waals surface area contributed by atoms with Gasteiger partial charge in [0, 0.05) is 6.54 Å². The molecule has 0 aromatic heterocycles. The molecule has 2 heteroatoms. The molecule has 1 unspecified atom stereocenters. The van der Waals surface area contributed by atoms with Crippen molar-refractivity contribution in [3.05, 3.63) is 12.4 Å². The quantitative estimate of drug-likeness (QED) is 0.533. The van der Waals surface area contributed by atoms with E-state index in [1.807, 2.05) is 0 Å². The zero-order valence-electron chi connectivity index (χ0n) is 6.22. The zero-order valence-corrected chi connectivity index (χ0v) is 6.22. The molecular formula is C7H15N2+. The van der Waals surface area contributed by atoms with E-state index in [2.05, 4.69) is 31.1 Å². The largest absolute Gasteiger partial charge is 0.327 e. The van der Waals surface area contributed by atoms with E-state index in [4.69, 9.17) is 0 Å². The highest BCUT2D eigenvalue weighted by atomic mass is 15.3. The van der Waals surface area contributed by atoms with Gasteiger partial charge in [-0.2, -0.15) is 0 Å². The highest BCUT2D eigenvalue weighted by molar-refractivity contribution is 4.76. The fourth-order valence-electron chi connectivity index (χ4n) is 1.02. The molecule has 1 aliphatic rings. The molecule has 0 amide bonds. The van der Waals surface area contributed by atoms with Crippen LogP contribution in [0.5, 0.6) is 0 Å². The van der Waals surface area contributed by atoms with Crippen molar-refractivity contribution in [2.75, 3.05) is 19.8 Å². The third-order valence-electron chi connectivity index (χ3n) is 1.79. The van der Waals surface area contributed by atoms with Gasteiger partial charge in [0.15, 0.2) is 6.67 Å². The van der Waals surface area contributed by atoms with E-state index in [9.17, 15) is 0 Å². The summed E-state index contributed by atoms with van der Waals surface area (Å²) in [6.07, 6.45) is 4.41. The van der Waals surface area contributed by atoms with Crippen molar-refractivity contribution in [3.8, 4) is 0 Å². The highest BCUT2D eigenvalue weighted by Crippen LogP contribution is 1.86. The molecule has 0 spiro atoms. The molecule has 0 aromatic rings. The number of rotatable bonds is 2. The SMILES string of the molecule is CCN1C=C[NH+](CC)C1. The molecule has 0 aliphatic carbocycles. The Morgan fingerprint density at radius 1 is 1.56 bits per heavy atom. The Kier molecular flexibility index (Phi) is 2.11. The summed E-state index contributed by atoms with van der Waals surface area (Å²) in [7, 11) is 0. The minimum Gasteiger partial charge on any atom is -0.327 e. The van der Waals surface area contributed by atoms with Crippen molar-refractivity contribution in [2.45, 2.75) is 13.8 Å². The lowest BCUT2D eigenvalue weighted by Crippen LogP contribution is -3.06. The fourth-order valence-corrected chi connectivity index (χ4v) is 1.02. The maximum absolute atomic E-state index is 2.32. The predicted octanol–water partition coefficient (Wildman–Crippen LogP) is -0.345. The maximum Gasteiger partial charge on any atom is 0.156 e. The van der Waals surface area contributed by atoms with E-state index < -0.39 is 0 Å². The van der Waals surface area contributed by atoms with Gasteiger partial charge in [-0.25, -0.2) is 0 Å². The van der Waals surface area contributed by atoms with Crippen LogP contribution in [0.4, 0.5) is 0 Å². The molecular weight excluding hydrogens is 112 g/mol. The van der Waals surface area contributed by atoms with Crippen LogP contribution in [-0.2, 0) is 0 Å². The average molecular weight is 127 g/mol. The van der Waals surface area contributed by atoms with Gasteiger partial charge in [0.25, 0.3) is 0 Å². The van der Waals surface area contributed by atoms with Crippen molar-refractivity contribution in [1.82, 2.24) is 4.90 Å². The Morgan fingerprint density at radius 3 is 2.67 bits per heavy atom. The van der Waals surface area contributed by atoms with E-state index >= 15 is 0 Å². The number of nitrogens with one attached hydrogen (secondary N) is 1. The van der Waals surface area contributed by atoms with Gasteiger partial charge in [-0.15, -0.1) is 0 Å². The van der Waals surface area contributed by atoms with Crippen molar-refractivity contribution < 1.29 is 4.90 Å². The lowest BCUT2D eigenvalue weighted by molar-refractivity contribution is -0.846. The first-order valence-corrected chi connectivity index (χ1v) is 3.63. The van der Waals surface area contributed by atoms with Crippen LogP contribution in [0.3, 0.4) is 0 Å². The minimum absolute atomic E-state index is 1.14. The van der Waals surface area contributed by atoms with Crippen LogP contribution in [0.15, 0.2) is 12.4 Å². The van der Waals surface area contributed by atoms with Gasteiger partial charge in [-0.1, -0.05) is 0 Å². The minimum atomic E-state index is 1.14. The van der Waals surface area contributed by atoms with Crippen molar-refractivity contribution in [3.63, 3.8) is 0 Å². The van der Waals surface area contributed by atoms with E-state index in [0.29, 0.717) is 0 Å². The first kappa shape index (κ1) is 6.62. The van der Waals surface area contributed by atoms with Gasteiger partial charge in [0.05, 0.1) is 12.7 Å². The summed E-state index contributed by atoms with van der Waals surface area (Å²) in [6.45, 7) is 7.89. The molecule has 0 saturated heterocycles. The Labute approximate surface area is 56.8 Å². The fraction of sp³-hybridized carbons (Fsp3) is 0.714. The van der Waals surface area contributed by atoms with E-state index in [1.54, 1.807) is 4.90 Å². The van der Waals surface area contributed by atoms with Gasteiger partial charge < -0.3 is 4.90 Å². The number of quaternary nitrogens is 1. The van der Waals surface area contributed by atoms with Crippen molar-refractivity contribution in [1.29, 1.82) is 0 Å². The number of nitrogens with zero attached hydrogens (tertiary/aromatic N) is 1. The van der Waals surface area contributed by atoms with Crippen LogP contribution in [0.1, 0.15) is 13.8 Å². The Balaban J connectivity index is 2.31. The standard InChI is InChI=1S/C7H14N2/c1-3-8-5-6-9(4-2)7-8/h5-6H,3-4,7H2,1-2H3/p+1. The summed E-state index contributed by atoms with van der Waals surface area (Å²) in [5.74, 6) is 0. The summed E-state index contributed by atoms with van der Waals surface area (Å²) in [4.78, 5) is 3.87. The monoisotopic (exact) mass is 127 g/mol. The molecule has 0 saturated carbocycles. The molecule has 9 heavy (non-hydrogen) atoms. The molecule has 1 atom stereocenters. The molecule has 1 heterocycles. The Morgan fingerprint density at radius 2 is 2.33 bits per heavy atom. The van der Waals surface area contributed by atoms with Crippen LogP contribution in [-0.4, -0.2) is 24.7 Å². The van der Waals surface area contributed by atoms with Gasteiger partial charge in [0.2, 0.25) is 0 Å². The van der Waals surface area contributed by atoms with E-state index in [1.165, 1.54) is 6.54 Å². The summed E-state index contributed by atoms with van der Waals surface area (Å²) in [5, 5.41) is 0. The maximum atomic E-state index is 2.32. The van der Waals surface area contributed by atoms with Gasteiger partial charge in [0.1, 0.15) is 6.20 Å². The lowest BCUT2D eigenvalue weighted by Gasteiger charge is -2.12. The molecule has 2 nitrogen and oxygen atoms in total. The molecule has 1 rings (SSSR count). The third-order valence-corrected chi connectivity index (χ3v) is 1.79. The first-order chi connectivity index (χ1) is 4.36. The normalized spacial score (nSPS) is 25.6. The highest BCUT2D eigenvalue weighted by Gasteiger charge is 2.11. The average Bonchev–Trinajstić information content (AvgIpc) is 2.34. The number of hydrogen-bond acceptors (Lipinski definition) is 1. The van der Waals surface area contributed by atoms with E-state index in [0.717, 1.165) is 13.2 Å². The van der Waals surface area contributed by atoms with Crippen molar-refractivity contribution in [2.24, 2.45) is 0 Å². The van der Waals surface area contributed by atoms with Crippen LogP contribution < -0.4 is 4.90 Å². The van der Waals surface area contributed by atoms with Crippen LogP contribution in [0.2, 0.25) is 0 Å². The Bertz CT molecular complexity index is 97.5. The smallest absolute Gasteiger partial charge is 0.156 e. The van der Waals surface area contributed by atoms with Crippen molar-refractivity contribution >= 4 is 0 Å². The van der Waals surface area contributed by atoms with E-state index in [-0.39, 0.29) is 0 Å². The number of hydrogen-bond donors (Lipinski definition) is 1. The molecule has 52 valence electrons. The summed E-state index contributed by atoms with van der Waals surface area (Å²) < 4.78 is 0. The molecule has 0 bridgehead atoms. The predicted molar refractivity (Wildman–Crippen MR) is 37.9 cm³/mol. The summed E-state index contributed by atoms with van der Waals surface area (Å²) in [5.41, 5.74) is 0. The third kappa shape index (κ3) is 1.45. The molecule has 0 fully saturated rings. The first-order valence-electron chi connectivity index (χ1n) is 3.63. The van der Waals surface area contributed by atoms with Crippen LogP contribution in [0.25, 0.3) is 0 Å². The second kappa shape index (κ2) is 2.87. The van der Waals surface area contributed by atoms with Crippen LogP contribution >= 0.6 is 0 Å². The second-order valence-corrected chi connectivity index (χ2v) is 2.39. The van der Waals surface area contributed by atoms with Gasteiger partial charge in [-0.3, -0.25) is 4.90 Å². The molecule has 1 N–H and O–H groups in total. The van der Waals surface area contributed by atoms with Gasteiger partial charge in [-0.05, 0) is 13.8 Å². The molecule has 0 radical (unpaired) electrons.